The predicted octanol–water partition coefficient (Wildman–Crippen LogP) is 4.30. The van der Waals surface area contributed by atoms with Gasteiger partial charge in [-0.1, -0.05) is 6.92 Å². The second kappa shape index (κ2) is 19.5. The Morgan fingerprint density at radius 3 is 2.24 bits per heavy atom. The summed E-state index contributed by atoms with van der Waals surface area (Å²) in [5, 5.41) is 34.0. The summed E-state index contributed by atoms with van der Waals surface area (Å²) in [5.41, 5.74) is 3.31. The van der Waals surface area contributed by atoms with Crippen molar-refractivity contribution in [3.63, 3.8) is 0 Å². The lowest BCUT2D eigenvalue weighted by Gasteiger charge is -2.29. The van der Waals surface area contributed by atoms with Crippen molar-refractivity contribution in [2.24, 2.45) is 5.92 Å². The molecule has 21 nitrogen and oxygen atoms in total. The molecule has 1 aliphatic carbocycles. The number of carbonyl (C=O) groups is 2. The minimum Gasteiger partial charge on any atom is -0.480 e. The van der Waals surface area contributed by atoms with Crippen LogP contribution in [0.3, 0.4) is 0 Å². The molecular formula is C42H54N14O7. The average Bonchev–Trinajstić information content (AvgIpc) is 3.93. The maximum absolute atomic E-state index is 13.8. The number of ether oxygens (including phenoxy) is 2. The van der Waals surface area contributed by atoms with Crippen molar-refractivity contribution >= 4 is 57.8 Å². The van der Waals surface area contributed by atoms with E-state index in [0.29, 0.717) is 53.5 Å². The van der Waals surface area contributed by atoms with Gasteiger partial charge in [-0.3, -0.25) is 19.2 Å². The third-order valence-electron chi connectivity index (χ3n) is 10.9. The van der Waals surface area contributed by atoms with Crippen molar-refractivity contribution in [2.45, 2.75) is 70.6 Å². The van der Waals surface area contributed by atoms with Crippen LogP contribution < -0.4 is 42.4 Å². The lowest BCUT2D eigenvalue weighted by molar-refractivity contribution is -0.0726. The van der Waals surface area contributed by atoms with E-state index < -0.39 is 17.4 Å². The first-order valence-corrected chi connectivity index (χ1v) is 20.8. The minimum absolute atomic E-state index is 0.0423. The summed E-state index contributed by atoms with van der Waals surface area (Å²) in [7, 11) is 4.97. The molecule has 0 bridgehead atoms. The zero-order valence-corrected chi connectivity index (χ0v) is 36.1. The van der Waals surface area contributed by atoms with Crippen molar-refractivity contribution in [1.82, 2.24) is 49.5 Å². The van der Waals surface area contributed by atoms with Crippen LogP contribution in [-0.2, 0) is 9.57 Å². The molecule has 1 aliphatic rings. The number of aliphatic hydroxyl groups excluding tert-OH is 1. The van der Waals surface area contributed by atoms with E-state index >= 15 is 0 Å². The van der Waals surface area contributed by atoms with Gasteiger partial charge in [-0.25, -0.2) is 20.4 Å². The van der Waals surface area contributed by atoms with Crippen LogP contribution in [0.5, 0.6) is 5.88 Å². The molecule has 1 fully saturated rings. The van der Waals surface area contributed by atoms with Gasteiger partial charge in [-0.15, -0.1) is 0 Å². The van der Waals surface area contributed by atoms with E-state index in [9.17, 15) is 19.5 Å². The van der Waals surface area contributed by atoms with Gasteiger partial charge in [0.1, 0.15) is 45.8 Å². The molecule has 6 aromatic rings. The first-order chi connectivity index (χ1) is 30.4. The van der Waals surface area contributed by atoms with Crippen LogP contribution in [0.15, 0.2) is 66.0 Å². The zero-order chi connectivity index (χ0) is 44.7. The van der Waals surface area contributed by atoms with Crippen LogP contribution >= 0.6 is 0 Å². The fourth-order valence-electron chi connectivity index (χ4n) is 7.26. The molecule has 1 atom stereocenters. The molecule has 7 rings (SSSR count). The van der Waals surface area contributed by atoms with Crippen LogP contribution in [0.4, 0.5) is 34.6 Å². The number of hydrogen-bond acceptors (Lipinski definition) is 16. The van der Waals surface area contributed by atoms with Gasteiger partial charge in [0.05, 0.1) is 31.2 Å². The van der Waals surface area contributed by atoms with Gasteiger partial charge < -0.3 is 45.7 Å². The zero-order valence-electron chi connectivity index (χ0n) is 36.1. The smallest absolute Gasteiger partial charge is 0.280 e. The van der Waals surface area contributed by atoms with E-state index in [1.54, 1.807) is 61.5 Å². The normalized spacial score (nSPS) is 15.8. The highest BCUT2D eigenvalue weighted by atomic mass is 16.7. The molecule has 6 aromatic heterocycles. The van der Waals surface area contributed by atoms with Gasteiger partial charge in [-0.2, -0.15) is 19.2 Å². The monoisotopic (exact) mass is 866 g/mol. The van der Waals surface area contributed by atoms with Gasteiger partial charge in [0.25, 0.3) is 17.4 Å². The molecule has 21 heteroatoms. The molecule has 2 amide bonds. The highest BCUT2D eigenvalue weighted by molar-refractivity contribution is 6.00. The minimum atomic E-state index is -0.887. The molecule has 0 radical (unpaired) electrons. The SMILES string of the molecule is CNc1cc(Nc2cccnc2OC)nc2c(C(=O)NOC(C)(C)CCNc3cc(Nc4cccn([C@H]5CC[C@H](OC)CC5)c4=O)nc4c(C(=O)NCC(C)CO)cnn34)cnn12. The molecule has 0 saturated heterocycles. The number of rotatable bonds is 19. The summed E-state index contributed by atoms with van der Waals surface area (Å²) in [6.07, 6.45) is 10.2. The van der Waals surface area contributed by atoms with Crippen LogP contribution in [0, 0.1) is 5.92 Å². The maximum atomic E-state index is 13.8. The first-order valence-electron chi connectivity index (χ1n) is 20.8. The van der Waals surface area contributed by atoms with Crippen LogP contribution in [0.1, 0.15) is 79.6 Å². The molecule has 0 aliphatic heterocycles. The Hall–Kier alpha value is -6.84. The molecule has 63 heavy (non-hydrogen) atoms. The number of nitrogens with zero attached hydrogens (tertiary/aromatic N) is 8. The lowest BCUT2D eigenvalue weighted by Crippen LogP contribution is -2.37. The maximum Gasteiger partial charge on any atom is 0.280 e. The highest BCUT2D eigenvalue weighted by Crippen LogP contribution is 2.30. The Labute approximate surface area is 362 Å². The van der Waals surface area contributed by atoms with Crippen LogP contribution in [0.25, 0.3) is 11.3 Å². The molecule has 0 aromatic carbocycles. The second-order valence-electron chi connectivity index (χ2n) is 16.0. The number of hydroxylamine groups is 1. The Morgan fingerprint density at radius 2 is 1.57 bits per heavy atom. The van der Waals surface area contributed by atoms with E-state index in [1.165, 1.54) is 28.5 Å². The van der Waals surface area contributed by atoms with Gasteiger partial charge in [0, 0.05) is 64.4 Å². The Bertz CT molecular complexity index is 2620. The highest BCUT2D eigenvalue weighted by Gasteiger charge is 2.26. The third-order valence-corrected chi connectivity index (χ3v) is 10.9. The standard InChI is InChI=1S/C42H54N14O7/c1-25(24-57)21-46-38(58)28-22-48-56-35(20-33(52-36(28)56)50-31-10-8-18-54(41(31)60)26-11-13-27(61-5)14-12-26)44-17-15-42(2,3)63-53-39(59)29-23-47-55-34(43-4)19-32(51-37(29)55)49-30-9-7-16-45-40(30)62-6/h7-10,16,18-20,22-23,25-27,43-44,57H,11-15,17,21,24H2,1-6H3,(H,46,58)(H,49,51)(H,50,52)(H,53,59)/t25?,26-,27-. The topological polar surface area (TPSA) is 250 Å². The average molecular weight is 867 g/mol. The van der Waals surface area contributed by atoms with Gasteiger partial charge >= 0.3 is 0 Å². The first kappa shape index (κ1) is 44.2. The summed E-state index contributed by atoms with van der Waals surface area (Å²) >= 11 is 0. The molecule has 1 saturated carbocycles. The Balaban J connectivity index is 1.06. The summed E-state index contributed by atoms with van der Waals surface area (Å²) in [5.74, 6) is 1.04. The molecule has 334 valence electrons. The van der Waals surface area contributed by atoms with E-state index in [2.05, 4.69) is 52.2 Å². The largest absolute Gasteiger partial charge is 0.480 e. The van der Waals surface area contributed by atoms with Gasteiger partial charge in [-0.05, 0) is 76.1 Å². The molecule has 7 N–H and O–H groups in total. The fraction of sp³-hybridized carbons (Fsp3) is 0.429. The number of nitrogens with one attached hydrogen (secondary N) is 6. The van der Waals surface area contributed by atoms with E-state index in [0.717, 1.165) is 25.7 Å². The number of amides is 2. The number of aromatic nitrogens is 8. The molecular weight excluding hydrogens is 813 g/mol. The number of aliphatic hydroxyl groups is 1. The molecule has 1 unspecified atom stereocenters. The van der Waals surface area contributed by atoms with E-state index in [4.69, 9.17) is 19.3 Å². The Morgan fingerprint density at radius 1 is 0.921 bits per heavy atom. The van der Waals surface area contributed by atoms with Crippen LogP contribution in [0.2, 0.25) is 0 Å². The van der Waals surface area contributed by atoms with Crippen molar-refractivity contribution in [1.29, 1.82) is 0 Å². The van der Waals surface area contributed by atoms with E-state index in [-0.39, 0.29) is 59.2 Å². The number of fused-ring (bicyclic) bond motifs is 2. The lowest BCUT2D eigenvalue weighted by atomic mass is 9.92. The number of carbonyl (C=O) groups excluding carboxylic acids is 2. The van der Waals surface area contributed by atoms with Crippen molar-refractivity contribution in [3.8, 4) is 5.88 Å². The number of methoxy groups -OCH3 is 2. The fourth-order valence-corrected chi connectivity index (χ4v) is 7.26. The predicted molar refractivity (Wildman–Crippen MR) is 236 cm³/mol. The summed E-state index contributed by atoms with van der Waals surface area (Å²) in [6.45, 7) is 5.97. The molecule has 0 spiro atoms. The van der Waals surface area contributed by atoms with Crippen molar-refractivity contribution in [2.75, 3.05) is 62.2 Å². The van der Waals surface area contributed by atoms with Gasteiger partial charge in [0.2, 0.25) is 5.88 Å². The summed E-state index contributed by atoms with van der Waals surface area (Å²) < 4.78 is 15.7. The van der Waals surface area contributed by atoms with Crippen LogP contribution in [-0.4, -0.2) is 108 Å². The number of pyridine rings is 2. The summed E-state index contributed by atoms with van der Waals surface area (Å²) in [4.78, 5) is 60.3. The van der Waals surface area contributed by atoms with Gasteiger partial charge in [0.15, 0.2) is 11.3 Å². The quantitative estimate of drug-likeness (QED) is 0.0561. The van der Waals surface area contributed by atoms with Crippen molar-refractivity contribution < 1.29 is 29.0 Å². The second-order valence-corrected chi connectivity index (χ2v) is 16.0. The third kappa shape index (κ3) is 10.1. The molecule has 6 heterocycles. The number of anilines is 6. The summed E-state index contributed by atoms with van der Waals surface area (Å²) in [6, 6.07) is 10.6. The van der Waals surface area contributed by atoms with Crippen molar-refractivity contribution in [3.05, 3.63) is 82.7 Å². The van der Waals surface area contributed by atoms with E-state index in [1.807, 2.05) is 26.8 Å². The number of hydrogen-bond donors (Lipinski definition) is 7. The Kier molecular flexibility index (Phi) is 13.7.